The minimum atomic E-state index is 0.345. The van der Waals surface area contributed by atoms with E-state index in [1.165, 1.54) is 5.57 Å². The van der Waals surface area contributed by atoms with Crippen LogP contribution in [-0.4, -0.2) is 25.8 Å². The summed E-state index contributed by atoms with van der Waals surface area (Å²) in [5.74, 6) is 0. The van der Waals surface area contributed by atoms with Crippen molar-refractivity contribution < 1.29 is 4.74 Å². The molecule has 0 fully saturated rings. The Kier molecular flexibility index (Phi) is 3.60. The van der Waals surface area contributed by atoms with Gasteiger partial charge >= 0.3 is 0 Å². The van der Waals surface area contributed by atoms with Crippen LogP contribution in [0.25, 0.3) is 0 Å². The van der Waals surface area contributed by atoms with Gasteiger partial charge in [-0.05, 0) is 32.4 Å². The van der Waals surface area contributed by atoms with Gasteiger partial charge in [-0.3, -0.25) is 0 Å². The average molecular weight is 155 g/mol. The van der Waals surface area contributed by atoms with Crippen LogP contribution in [0.2, 0.25) is 0 Å². The summed E-state index contributed by atoms with van der Waals surface area (Å²) in [7, 11) is 0. The van der Waals surface area contributed by atoms with Gasteiger partial charge in [0.25, 0.3) is 0 Å². The molecule has 0 bridgehead atoms. The van der Waals surface area contributed by atoms with E-state index in [0.29, 0.717) is 6.10 Å². The first kappa shape index (κ1) is 8.75. The maximum atomic E-state index is 5.47. The molecular formula is C9H17NO. The molecule has 64 valence electrons. The SMILES string of the molecule is CC(C)OCC1=CCCNC1. The second-order valence-electron chi connectivity index (χ2n) is 3.19. The Hall–Kier alpha value is -0.340. The van der Waals surface area contributed by atoms with Crippen molar-refractivity contribution in [2.45, 2.75) is 26.4 Å². The average Bonchev–Trinajstić information content (AvgIpc) is 2.03. The molecule has 1 N–H and O–H groups in total. The van der Waals surface area contributed by atoms with E-state index in [2.05, 4.69) is 25.2 Å². The van der Waals surface area contributed by atoms with Crippen LogP contribution in [0.5, 0.6) is 0 Å². The summed E-state index contributed by atoms with van der Waals surface area (Å²) >= 11 is 0. The molecular weight excluding hydrogens is 138 g/mol. The van der Waals surface area contributed by atoms with E-state index < -0.39 is 0 Å². The molecule has 0 saturated carbocycles. The fraction of sp³-hybridized carbons (Fsp3) is 0.778. The van der Waals surface area contributed by atoms with Crippen molar-refractivity contribution in [3.63, 3.8) is 0 Å². The van der Waals surface area contributed by atoms with E-state index in [4.69, 9.17) is 4.74 Å². The highest BCUT2D eigenvalue weighted by atomic mass is 16.5. The predicted molar refractivity (Wildman–Crippen MR) is 46.7 cm³/mol. The minimum Gasteiger partial charge on any atom is -0.374 e. The van der Waals surface area contributed by atoms with Crippen molar-refractivity contribution in [1.82, 2.24) is 5.32 Å². The fourth-order valence-corrected chi connectivity index (χ4v) is 1.08. The van der Waals surface area contributed by atoms with Gasteiger partial charge in [-0.2, -0.15) is 0 Å². The highest BCUT2D eigenvalue weighted by Gasteiger charge is 2.02. The Labute approximate surface area is 68.6 Å². The molecule has 0 unspecified atom stereocenters. The van der Waals surface area contributed by atoms with Gasteiger partial charge in [-0.25, -0.2) is 0 Å². The summed E-state index contributed by atoms with van der Waals surface area (Å²) in [4.78, 5) is 0. The molecule has 2 heteroatoms. The van der Waals surface area contributed by atoms with Crippen LogP contribution in [0.1, 0.15) is 20.3 Å². The second kappa shape index (κ2) is 4.52. The van der Waals surface area contributed by atoms with Crippen LogP contribution in [-0.2, 0) is 4.74 Å². The highest BCUT2D eigenvalue weighted by molar-refractivity contribution is 5.07. The Bertz CT molecular complexity index is 140. The summed E-state index contributed by atoms with van der Waals surface area (Å²) in [6.07, 6.45) is 3.77. The second-order valence-corrected chi connectivity index (χ2v) is 3.19. The van der Waals surface area contributed by atoms with Crippen LogP contribution < -0.4 is 5.32 Å². The summed E-state index contributed by atoms with van der Waals surface area (Å²) in [5.41, 5.74) is 1.39. The molecule has 11 heavy (non-hydrogen) atoms. The van der Waals surface area contributed by atoms with E-state index >= 15 is 0 Å². The summed E-state index contributed by atoms with van der Waals surface area (Å²) in [6.45, 7) is 7.05. The normalized spacial score (nSPS) is 18.6. The number of hydrogen-bond donors (Lipinski definition) is 1. The lowest BCUT2D eigenvalue weighted by Gasteiger charge is -2.15. The van der Waals surface area contributed by atoms with Crippen molar-refractivity contribution in [3.05, 3.63) is 11.6 Å². The van der Waals surface area contributed by atoms with Gasteiger partial charge in [0.05, 0.1) is 12.7 Å². The zero-order chi connectivity index (χ0) is 8.10. The van der Waals surface area contributed by atoms with Crippen LogP contribution in [0.15, 0.2) is 11.6 Å². The molecule has 0 aliphatic carbocycles. The first-order valence-electron chi connectivity index (χ1n) is 4.29. The summed E-state index contributed by atoms with van der Waals surface area (Å²) in [6, 6.07) is 0. The lowest BCUT2D eigenvalue weighted by atomic mass is 10.2. The monoisotopic (exact) mass is 155 g/mol. The molecule has 0 aromatic heterocycles. The maximum Gasteiger partial charge on any atom is 0.0692 e. The van der Waals surface area contributed by atoms with E-state index in [-0.39, 0.29) is 0 Å². The molecule has 0 aromatic rings. The standard InChI is InChI=1S/C9H17NO/c1-8(2)11-7-9-4-3-5-10-6-9/h4,8,10H,3,5-7H2,1-2H3. The smallest absolute Gasteiger partial charge is 0.0692 e. The van der Waals surface area contributed by atoms with Crippen molar-refractivity contribution in [3.8, 4) is 0 Å². The molecule has 0 radical (unpaired) electrons. The largest absolute Gasteiger partial charge is 0.374 e. The number of ether oxygens (including phenoxy) is 1. The minimum absolute atomic E-state index is 0.345. The van der Waals surface area contributed by atoms with Gasteiger partial charge in [0, 0.05) is 6.54 Å². The third-order valence-electron chi connectivity index (χ3n) is 1.71. The topological polar surface area (TPSA) is 21.3 Å². The molecule has 0 spiro atoms. The van der Waals surface area contributed by atoms with Gasteiger partial charge in [-0.15, -0.1) is 0 Å². The van der Waals surface area contributed by atoms with E-state index in [1.807, 2.05) is 0 Å². The predicted octanol–water partition coefficient (Wildman–Crippen LogP) is 1.33. The molecule has 0 atom stereocenters. The zero-order valence-electron chi connectivity index (χ0n) is 7.39. The van der Waals surface area contributed by atoms with Crippen LogP contribution >= 0.6 is 0 Å². The van der Waals surface area contributed by atoms with E-state index in [0.717, 1.165) is 26.1 Å². The molecule has 1 heterocycles. The lowest BCUT2D eigenvalue weighted by Crippen LogP contribution is -2.24. The zero-order valence-corrected chi connectivity index (χ0v) is 7.39. The molecule has 1 aliphatic heterocycles. The van der Waals surface area contributed by atoms with Gasteiger partial charge in [0.15, 0.2) is 0 Å². The van der Waals surface area contributed by atoms with Crippen molar-refractivity contribution in [2.75, 3.05) is 19.7 Å². The third-order valence-corrected chi connectivity index (χ3v) is 1.71. The quantitative estimate of drug-likeness (QED) is 0.621. The Morgan fingerprint density at radius 2 is 2.45 bits per heavy atom. The number of hydrogen-bond acceptors (Lipinski definition) is 2. The van der Waals surface area contributed by atoms with Crippen LogP contribution in [0, 0.1) is 0 Å². The highest BCUT2D eigenvalue weighted by Crippen LogP contribution is 2.02. The number of nitrogens with one attached hydrogen (secondary N) is 1. The first-order valence-corrected chi connectivity index (χ1v) is 4.29. The molecule has 0 aromatic carbocycles. The summed E-state index contributed by atoms with van der Waals surface area (Å²) < 4.78 is 5.47. The summed E-state index contributed by atoms with van der Waals surface area (Å²) in [5, 5.41) is 3.31. The first-order chi connectivity index (χ1) is 5.29. The Morgan fingerprint density at radius 3 is 3.00 bits per heavy atom. The van der Waals surface area contributed by atoms with Crippen molar-refractivity contribution >= 4 is 0 Å². The Balaban J connectivity index is 2.19. The molecule has 1 aliphatic rings. The van der Waals surface area contributed by atoms with Gasteiger partial charge in [0.1, 0.15) is 0 Å². The maximum absolute atomic E-state index is 5.47. The molecule has 1 rings (SSSR count). The van der Waals surface area contributed by atoms with Gasteiger partial charge in [-0.1, -0.05) is 6.08 Å². The van der Waals surface area contributed by atoms with Gasteiger partial charge < -0.3 is 10.1 Å². The lowest BCUT2D eigenvalue weighted by molar-refractivity contribution is 0.0957. The fourth-order valence-electron chi connectivity index (χ4n) is 1.08. The van der Waals surface area contributed by atoms with Crippen LogP contribution in [0.4, 0.5) is 0 Å². The number of rotatable bonds is 3. The van der Waals surface area contributed by atoms with E-state index in [9.17, 15) is 0 Å². The van der Waals surface area contributed by atoms with E-state index in [1.54, 1.807) is 0 Å². The van der Waals surface area contributed by atoms with Crippen molar-refractivity contribution in [1.29, 1.82) is 0 Å². The van der Waals surface area contributed by atoms with Crippen molar-refractivity contribution in [2.24, 2.45) is 0 Å². The Morgan fingerprint density at radius 1 is 1.64 bits per heavy atom. The molecule has 0 saturated heterocycles. The molecule has 2 nitrogen and oxygen atoms in total. The third kappa shape index (κ3) is 3.54. The van der Waals surface area contributed by atoms with Gasteiger partial charge in [0.2, 0.25) is 0 Å². The molecule has 0 amide bonds. The van der Waals surface area contributed by atoms with Crippen LogP contribution in [0.3, 0.4) is 0 Å².